The Balaban J connectivity index is 1.60. The smallest absolute Gasteiger partial charge is 0.227 e. The van der Waals surface area contributed by atoms with Gasteiger partial charge in [-0.1, -0.05) is 12.8 Å². The molecule has 6 heteroatoms. The highest BCUT2D eigenvalue weighted by Gasteiger charge is 2.40. The molecular formula is C16H27N5O. The molecule has 122 valence electrons. The predicted octanol–water partition coefficient (Wildman–Crippen LogP) is 0.976. The van der Waals surface area contributed by atoms with Crippen LogP contribution in [0.4, 0.5) is 5.69 Å². The van der Waals surface area contributed by atoms with Crippen LogP contribution < -0.4 is 10.6 Å². The number of hydrogen-bond donors (Lipinski definition) is 1. The molecule has 2 heterocycles. The van der Waals surface area contributed by atoms with Crippen LogP contribution in [0.25, 0.3) is 0 Å². The highest BCUT2D eigenvalue weighted by atomic mass is 16.2. The van der Waals surface area contributed by atoms with Gasteiger partial charge in [-0.15, -0.1) is 0 Å². The third kappa shape index (κ3) is 2.97. The molecule has 0 bridgehead atoms. The summed E-state index contributed by atoms with van der Waals surface area (Å²) < 4.78 is 1.81. The van der Waals surface area contributed by atoms with E-state index in [0.717, 1.165) is 57.5 Å². The van der Waals surface area contributed by atoms with Crippen molar-refractivity contribution in [2.24, 2.45) is 18.7 Å². The summed E-state index contributed by atoms with van der Waals surface area (Å²) in [6, 6.07) is 0. The molecule has 6 nitrogen and oxygen atoms in total. The van der Waals surface area contributed by atoms with E-state index in [0.29, 0.717) is 0 Å². The number of nitrogens with two attached hydrogens (primary N) is 1. The summed E-state index contributed by atoms with van der Waals surface area (Å²) in [6.45, 7) is 5.33. The fraction of sp³-hybridized carbons (Fsp3) is 0.750. The average molecular weight is 305 g/mol. The van der Waals surface area contributed by atoms with E-state index in [1.807, 2.05) is 35.9 Å². The molecule has 2 aliphatic rings. The van der Waals surface area contributed by atoms with Gasteiger partial charge in [0.25, 0.3) is 0 Å². The van der Waals surface area contributed by atoms with E-state index in [9.17, 15) is 4.79 Å². The zero-order chi connectivity index (χ0) is 15.7. The highest BCUT2D eigenvalue weighted by molar-refractivity contribution is 5.80. The summed E-state index contributed by atoms with van der Waals surface area (Å²) in [4.78, 5) is 17.1. The van der Waals surface area contributed by atoms with Gasteiger partial charge in [-0.3, -0.25) is 9.48 Å². The molecular weight excluding hydrogens is 278 g/mol. The van der Waals surface area contributed by atoms with Gasteiger partial charge in [0.15, 0.2) is 0 Å². The molecule has 1 saturated heterocycles. The molecule has 22 heavy (non-hydrogen) atoms. The van der Waals surface area contributed by atoms with E-state index in [2.05, 4.69) is 10.00 Å². The van der Waals surface area contributed by atoms with Gasteiger partial charge in [0.05, 0.1) is 17.8 Å². The van der Waals surface area contributed by atoms with E-state index >= 15 is 0 Å². The van der Waals surface area contributed by atoms with Crippen molar-refractivity contribution in [3.05, 3.63) is 12.4 Å². The number of aromatic nitrogens is 2. The molecule has 0 spiro atoms. The molecule has 1 amide bonds. The normalized spacial score (nSPS) is 29.7. The lowest BCUT2D eigenvalue weighted by atomic mass is 9.74. The molecule has 1 aliphatic carbocycles. The average Bonchev–Trinajstić information content (AvgIpc) is 2.93. The monoisotopic (exact) mass is 305 g/mol. The summed E-state index contributed by atoms with van der Waals surface area (Å²) in [5.41, 5.74) is 7.18. The molecule has 0 radical (unpaired) electrons. The van der Waals surface area contributed by atoms with Crippen LogP contribution in [0, 0.1) is 5.92 Å². The largest absolute Gasteiger partial charge is 0.365 e. The van der Waals surface area contributed by atoms with Gasteiger partial charge < -0.3 is 15.5 Å². The predicted molar refractivity (Wildman–Crippen MR) is 86.6 cm³/mol. The maximum Gasteiger partial charge on any atom is 0.227 e. The van der Waals surface area contributed by atoms with Crippen molar-refractivity contribution in [1.82, 2.24) is 14.7 Å². The Bertz CT molecular complexity index is 530. The fourth-order valence-corrected chi connectivity index (χ4v) is 3.74. The Labute approximate surface area is 132 Å². The molecule has 1 aliphatic heterocycles. The minimum Gasteiger partial charge on any atom is -0.365 e. The van der Waals surface area contributed by atoms with Gasteiger partial charge >= 0.3 is 0 Å². The van der Waals surface area contributed by atoms with Crippen molar-refractivity contribution in [2.75, 3.05) is 31.1 Å². The lowest BCUT2D eigenvalue weighted by molar-refractivity contribution is -0.139. The third-order valence-electron chi connectivity index (χ3n) is 5.20. The van der Waals surface area contributed by atoms with Crippen molar-refractivity contribution >= 4 is 11.6 Å². The lowest BCUT2D eigenvalue weighted by Crippen LogP contribution is -2.57. The first-order valence-corrected chi connectivity index (χ1v) is 8.29. The molecule has 2 fully saturated rings. The Kier molecular flexibility index (Phi) is 4.12. The summed E-state index contributed by atoms with van der Waals surface area (Å²) >= 11 is 0. The maximum atomic E-state index is 12.8. The summed E-state index contributed by atoms with van der Waals surface area (Å²) in [6.07, 6.45) is 8.07. The van der Waals surface area contributed by atoms with Gasteiger partial charge in [-0.05, 0) is 19.8 Å². The zero-order valence-electron chi connectivity index (χ0n) is 13.7. The Hall–Kier alpha value is -1.56. The van der Waals surface area contributed by atoms with Crippen molar-refractivity contribution in [2.45, 2.75) is 38.1 Å². The number of hydrogen-bond acceptors (Lipinski definition) is 4. The van der Waals surface area contributed by atoms with Crippen molar-refractivity contribution in [3.8, 4) is 0 Å². The van der Waals surface area contributed by atoms with E-state index in [4.69, 9.17) is 5.73 Å². The van der Waals surface area contributed by atoms with E-state index < -0.39 is 0 Å². The van der Waals surface area contributed by atoms with Gasteiger partial charge in [0, 0.05) is 45.0 Å². The minimum atomic E-state index is -0.337. The molecule has 2 atom stereocenters. The van der Waals surface area contributed by atoms with Crippen LogP contribution in [0.2, 0.25) is 0 Å². The molecule has 1 aromatic rings. The number of carbonyl (C=O) groups is 1. The van der Waals surface area contributed by atoms with Crippen LogP contribution in [0.5, 0.6) is 0 Å². The van der Waals surface area contributed by atoms with Crippen LogP contribution in [0.3, 0.4) is 0 Å². The molecule has 3 rings (SSSR count). The SMILES string of the molecule is Cn1cc(N2CCN(C(=O)C3CCCCC3(C)N)CC2)cn1. The van der Waals surface area contributed by atoms with Crippen LogP contribution in [0.1, 0.15) is 32.6 Å². The Morgan fingerprint density at radius 1 is 1.32 bits per heavy atom. The van der Waals surface area contributed by atoms with Crippen LogP contribution in [-0.2, 0) is 11.8 Å². The standard InChI is InChI=1S/C16H27N5O/c1-16(17)6-4-3-5-14(16)15(22)21-9-7-20(8-10-21)13-11-18-19(2)12-13/h11-12,14H,3-10,17H2,1-2H3. The maximum absolute atomic E-state index is 12.8. The number of carbonyl (C=O) groups excluding carboxylic acids is 1. The number of nitrogens with zero attached hydrogens (tertiary/aromatic N) is 4. The Morgan fingerprint density at radius 2 is 2.05 bits per heavy atom. The quantitative estimate of drug-likeness (QED) is 0.884. The summed E-state index contributed by atoms with van der Waals surface area (Å²) in [7, 11) is 1.93. The van der Waals surface area contributed by atoms with Crippen LogP contribution in [0.15, 0.2) is 12.4 Å². The second-order valence-corrected chi connectivity index (χ2v) is 6.99. The number of amides is 1. The van der Waals surface area contributed by atoms with Crippen LogP contribution in [-0.4, -0.2) is 52.3 Å². The van der Waals surface area contributed by atoms with E-state index in [1.165, 1.54) is 0 Å². The van der Waals surface area contributed by atoms with Gasteiger partial charge in [0.1, 0.15) is 0 Å². The minimum absolute atomic E-state index is 0.00816. The van der Waals surface area contributed by atoms with Gasteiger partial charge in [0.2, 0.25) is 5.91 Å². The zero-order valence-corrected chi connectivity index (χ0v) is 13.7. The second-order valence-electron chi connectivity index (χ2n) is 6.99. The number of aryl methyl sites for hydroxylation is 1. The molecule has 1 saturated carbocycles. The third-order valence-corrected chi connectivity index (χ3v) is 5.20. The molecule has 0 aromatic carbocycles. The molecule has 2 N–H and O–H groups in total. The second kappa shape index (κ2) is 5.91. The summed E-state index contributed by atoms with van der Waals surface area (Å²) in [5, 5.41) is 4.22. The first kappa shape index (κ1) is 15.3. The van der Waals surface area contributed by atoms with Crippen molar-refractivity contribution < 1.29 is 4.79 Å². The van der Waals surface area contributed by atoms with E-state index in [1.54, 1.807) is 0 Å². The number of rotatable bonds is 2. The van der Waals surface area contributed by atoms with Gasteiger partial charge in [-0.2, -0.15) is 5.10 Å². The number of anilines is 1. The first-order valence-electron chi connectivity index (χ1n) is 8.29. The number of piperazine rings is 1. The lowest BCUT2D eigenvalue weighted by Gasteiger charge is -2.42. The topological polar surface area (TPSA) is 67.4 Å². The molecule has 1 aromatic heterocycles. The van der Waals surface area contributed by atoms with Gasteiger partial charge in [-0.25, -0.2) is 0 Å². The van der Waals surface area contributed by atoms with Crippen molar-refractivity contribution in [1.29, 1.82) is 0 Å². The van der Waals surface area contributed by atoms with E-state index in [-0.39, 0.29) is 17.4 Å². The first-order chi connectivity index (χ1) is 10.5. The van der Waals surface area contributed by atoms with Crippen molar-refractivity contribution in [3.63, 3.8) is 0 Å². The van der Waals surface area contributed by atoms with Crippen LogP contribution >= 0.6 is 0 Å². The highest BCUT2D eigenvalue weighted by Crippen LogP contribution is 2.33. The molecule has 2 unspecified atom stereocenters. The Morgan fingerprint density at radius 3 is 2.64 bits per heavy atom. The summed E-state index contributed by atoms with van der Waals surface area (Å²) in [5.74, 6) is 0.252. The fourth-order valence-electron chi connectivity index (χ4n) is 3.74.